The van der Waals surface area contributed by atoms with Gasteiger partial charge < -0.3 is 9.64 Å². The molecule has 2 aromatic rings. The standard InChI is InChI=1S/C18H20BrCl2N3O/c1-5-24(4)10-22-17-9-16(19)18(23-11(17)2)25-12(3)13-6-14(20)8-15(21)7-13/h6-10,12H,5H2,1-4H3. The summed E-state index contributed by atoms with van der Waals surface area (Å²) in [6, 6.07) is 7.25. The summed E-state index contributed by atoms with van der Waals surface area (Å²) in [6.07, 6.45) is 1.54. The van der Waals surface area contributed by atoms with Crippen molar-refractivity contribution in [3.8, 4) is 5.88 Å². The number of nitrogens with zero attached hydrogens (tertiary/aromatic N) is 3. The van der Waals surface area contributed by atoms with E-state index in [-0.39, 0.29) is 6.10 Å². The maximum absolute atomic E-state index is 6.06. The van der Waals surface area contributed by atoms with Crippen LogP contribution >= 0.6 is 39.1 Å². The van der Waals surface area contributed by atoms with Crippen molar-refractivity contribution in [2.45, 2.75) is 26.9 Å². The van der Waals surface area contributed by atoms with Crippen LogP contribution in [0.1, 0.15) is 31.2 Å². The second-order valence-electron chi connectivity index (χ2n) is 5.66. The molecule has 0 saturated heterocycles. The van der Waals surface area contributed by atoms with Gasteiger partial charge in [-0.3, -0.25) is 0 Å². The van der Waals surface area contributed by atoms with Crippen LogP contribution in [-0.2, 0) is 0 Å². The van der Waals surface area contributed by atoms with Crippen molar-refractivity contribution in [3.63, 3.8) is 0 Å². The summed E-state index contributed by atoms with van der Waals surface area (Å²) in [7, 11) is 1.97. The lowest BCUT2D eigenvalue weighted by molar-refractivity contribution is 0.215. The number of benzene rings is 1. The number of halogens is 3. The molecule has 0 bridgehead atoms. The third kappa shape index (κ3) is 5.59. The number of rotatable bonds is 6. The zero-order chi connectivity index (χ0) is 18.6. The first kappa shape index (κ1) is 20.0. The van der Waals surface area contributed by atoms with Gasteiger partial charge in [-0.05, 0) is 66.5 Å². The van der Waals surface area contributed by atoms with E-state index in [0.717, 1.165) is 28.0 Å². The van der Waals surface area contributed by atoms with Crippen LogP contribution in [0, 0.1) is 6.92 Å². The minimum atomic E-state index is -0.250. The highest BCUT2D eigenvalue weighted by Gasteiger charge is 2.14. The predicted octanol–water partition coefficient (Wildman–Crippen LogP) is 6.21. The van der Waals surface area contributed by atoms with E-state index in [1.165, 1.54) is 0 Å². The van der Waals surface area contributed by atoms with Crippen LogP contribution in [-0.4, -0.2) is 29.8 Å². The molecule has 7 heteroatoms. The molecule has 0 aliphatic rings. The normalized spacial score (nSPS) is 12.4. The average Bonchev–Trinajstić information content (AvgIpc) is 2.55. The molecule has 134 valence electrons. The third-order valence-electron chi connectivity index (χ3n) is 3.64. The van der Waals surface area contributed by atoms with Gasteiger partial charge in [0.25, 0.3) is 0 Å². The van der Waals surface area contributed by atoms with Gasteiger partial charge in [0.05, 0.1) is 22.2 Å². The highest BCUT2D eigenvalue weighted by atomic mass is 79.9. The van der Waals surface area contributed by atoms with Gasteiger partial charge in [0.2, 0.25) is 5.88 Å². The SMILES string of the molecule is CCN(C)C=Nc1cc(Br)c(OC(C)c2cc(Cl)cc(Cl)c2)nc1C. The summed E-state index contributed by atoms with van der Waals surface area (Å²) in [6.45, 7) is 6.78. The lowest BCUT2D eigenvalue weighted by Crippen LogP contribution is -2.14. The van der Waals surface area contributed by atoms with Crippen LogP contribution in [0.3, 0.4) is 0 Å². The topological polar surface area (TPSA) is 37.7 Å². The summed E-state index contributed by atoms with van der Waals surface area (Å²) >= 11 is 15.6. The number of pyridine rings is 1. The van der Waals surface area contributed by atoms with E-state index >= 15 is 0 Å². The van der Waals surface area contributed by atoms with Crippen LogP contribution < -0.4 is 4.74 Å². The van der Waals surface area contributed by atoms with Gasteiger partial charge in [0, 0.05) is 23.6 Å². The van der Waals surface area contributed by atoms with Gasteiger partial charge in [0.1, 0.15) is 6.10 Å². The van der Waals surface area contributed by atoms with Crippen LogP contribution in [0.4, 0.5) is 5.69 Å². The fourth-order valence-corrected chi connectivity index (χ4v) is 2.99. The molecule has 0 aliphatic heterocycles. The molecule has 1 aromatic heterocycles. The summed E-state index contributed by atoms with van der Waals surface area (Å²) in [5.74, 6) is 0.504. The van der Waals surface area contributed by atoms with Crippen LogP contribution in [0.25, 0.3) is 0 Å². The van der Waals surface area contributed by atoms with E-state index in [9.17, 15) is 0 Å². The predicted molar refractivity (Wildman–Crippen MR) is 109 cm³/mol. The Morgan fingerprint density at radius 2 is 1.92 bits per heavy atom. The highest BCUT2D eigenvalue weighted by Crippen LogP contribution is 2.33. The van der Waals surface area contributed by atoms with Crippen molar-refractivity contribution in [1.29, 1.82) is 0 Å². The molecule has 0 N–H and O–H groups in total. The first-order valence-electron chi connectivity index (χ1n) is 7.84. The van der Waals surface area contributed by atoms with Crippen molar-refractivity contribution in [2.24, 2.45) is 4.99 Å². The number of aromatic nitrogens is 1. The number of aryl methyl sites for hydroxylation is 1. The second kappa shape index (κ2) is 8.88. The molecular formula is C18H20BrCl2N3O. The number of hydrogen-bond donors (Lipinski definition) is 0. The molecular weight excluding hydrogens is 425 g/mol. The summed E-state index contributed by atoms with van der Waals surface area (Å²) in [4.78, 5) is 11.0. The maximum Gasteiger partial charge on any atom is 0.228 e. The van der Waals surface area contributed by atoms with Crippen molar-refractivity contribution in [1.82, 2.24) is 9.88 Å². The van der Waals surface area contributed by atoms with Gasteiger partial charge in [-0.25, -0.2) is 9.98 Å². The molecule has 0 radical (unpaired) electrons. The summed E-state index contributed by atoms with van der Waals surface area (Å²) in [5, 5.41) is 1.15. The molecule has 25 heavy (non-hydrogen) atoms. The van der Waals surface area contributed by atoms with E-state index in [1.807, 2.05) is 44.0 Å². The van der Waals surface area contributed by atoms with E-state index in [1.54, 1.807) is 12.4 Å². The van der Waals surface area contributed by atoms with E-state index in [4.69, 9.17) is 27.9 Å². The van der Waals surface area contributed by atoms with E-state index < -0.39 is 0 Å². The highest BCUT2D eigenvalue weighted by molar-refractivity contribution is 9.10. The van der Waals surface area contributed by atoms with Crippen molar-refractivity contribution < 1.29 is 4.74 Å². The van der Waals surface area contributed by atoms with Gasteiger partial charge in [-0.2, -0.15) is 0 Å². The van der Waals surface area contributed by atoms with E-state index in [2.05, 4.69) is 32.8 Å². The molecule has 0 amide bonds. The quantitative estimate of drug-likeness (QED) is 0.392. The van der Waals surface area contributed by atoms with E-state index in [0.29, 0.717) is 15.9 Å². The monoisotopic (exact) mass is 443 g/mol. The fraction of sp³-hybridized carbons (Fsp3) is 0.333. The first-order chi connectivity index (χ1) is 11.8. The lowest BCUT2D eigenvalue weighted by atomic mass is 10.1. The zero-order valence-corrected chi connectivity index (χ0v) is 17.7. The number of aliphatic imine (C=N–C) groups is 1. The Morgan fingerprint density at radius 1 is 1.28 bits per heavy atom. The Bertz CT molecular complexity index is 763. The van der Waals surface area contributed by atoms with Crippen molar-refractivity contribution in [2.75, 3.05) is 13.6 Å². The number of hydrogen-bond acceptors (Lipinski definition) is 3. The van der Waals surface area contributed by atoms with Gasteiger partial charge >= 0.3 is 0 Å². The Balaban J connectivity index is 2.22. The summed E-state index contributed by atoms with van der Waals surface area (Å²) in [5.41, 5.74) is 2.46. The average molecular weight is 445 g/mol. The Kier molecular flexibility index (Phi) is 7.11. The molecule has 1 atom stereocenters. The van der Waals surface area contributed by atoms with Crippen LogP contribution in [0.15, 0.2) is 33.7 Å². The second-order valence-corrected chi connectivity index (χ2v) is 7.39. The molecule has 0 spiro atoms. The smallest absolute Gasteiger partial charge is 0.228 e. The summed E-state index contributed by atoms with van der Waals surface area (Å²) < 4.78 is 6.73. The van der Waals surface area contributed by atoms with Gasteiger partial charge in [0.15, 0.2) is 0 Å². The van der Waals surface area contributed by atoms with Crippen LogP contribution in [0.2, 0.25) is 10.0 Å². The molecule has 1 aromatic carbocycles. The fourth-order valence-electron chi connectivity index (χ4n) is 2.05. The molecule has 4 nitrogen and oxygen atoms in total. The Labute approximate surface area is 167 Å². The van der Waals surface area contributed by atoms with Crippen molar-refractivity contribution in [3.05, 3.63) is 50.0 Å². The molecule has 1 heterocycles. The molecule has 1 unspecified atom stereocenters. The molecule has 0 fully saturated rings. The van der Waals surface area contributed by atoms with Crippen LogP contribution in [0.5, 0.6) is 5.88 Å². The minimum absolute atomic E-state index is 0.250. The van der Waals surface area contributed by atoms with Gasteiger partial charge in [-0.15, -0.1) is 0 Å². The zero-order valence-electron chi connectivity index (χ0n) is 14.6. The van der Waals surface area contributed by atoms with Gasteiger partial charge in [-0.1, -0.05) is 23.2 Å². The Hall–Kier alpha value is -1.30. The Morgan fingerprint density at radius 3 is 2.52 bits per heavy atom. The number of ether oxygens (including phenoxy) is 1. The minimum Gasteiger partial charge on any atom is -0.469 e. The molecule has 0 aliphatic carbocycles. The first-order valence-corrected chi connectivity index (χ1v) is 9.39. The molecule has 2 rings (SSSR count). The molecule has 0 saturated carbocycles. The largest absolute Gasteiger partial charge is 0.469 e. The maximum atomic E-state index is 6.06. The third-order valence-corrected chi connectivity index (χ3v) is 4.65. The lowest BCUT2D eigenvalue weighted by Gasteiger charge is -2.17. The van der Waals surface area contributed by atoms with Crippen molar-refractivity contribution >= 4 is 51.2 Å².